The summed E-state index contributed by atoms with van der Waals surface area (Å²) in [4.78, 5) is 0. The molecule has 4 heteroatoms. The molecule has 0 aromatic rings. The summed E-state index contributed by atoms with van der Waals surface area (Å²) < 4.78 is 13.4. The zero-order valence-electron chi connectivity index (χ0n) is 18.6. The van der Waals surface area contributed by atoms with Crippen molar-refractivity contribution in [1.82, 2.24) is 0 Å². The lowest BCUT2D eigenvalue weighted by Crippen LogP contribution is -2.59. The van der Waals surface area contributed by atoms with Gasteiger partial charge in [0.25, 0.3) is 0 Å². The standard InChI is InChI=1S/C24H40O2S2/c1-13-25-11-17-19-7-15(23(19,3)4)9-21(17)27-14(2)28-22-10-16-8-20(24(16,5)6)18(22)12-26-13/h13-22H,7-12H2,1-6H3/t13?,14?,15-,16-,17-,18+,19+,20+,21+,22+/m1/s1. The highest BCUT2D eigenvalue weighted by atomic mass is 32.2. The smallest absolute Gasteiger partial charge is 0.154 e. The average molecular weight is 425 g/mol. The molecule has 2 unspecified atom stereocenters. The van der Waals surface area contributed by atoms with Gasteiger partial charge in [0.05, 0.1) is 13.2 Å². The van der Waals surface area contributed by atoms with Crippen molar-refractivity contribution in [2.75, 3.05) is 13.2 Å². The molecule has 2 nitrogen and oxygen atoms in total. The number of hydrogen-bond acceptors (Lipinski definition) is 4. The van der Waals surface area contributed by atoms with Gasteiger partial charge in [-0.2, -0.15) is 0 Å². The van der Waals surface area contributed by atoms with Gasteiger partial charge in [-0.3, -0.25) is 0 Å². The van der Waals surface area contributed by atoms with Crippen LogP contribution in [0.1, 0.15) is 67.2 Å². The molecule has 0 spiro atoms. The number of rotatable bonds is 0. The first-order chi connectivity index (χ1) is 13.2. The maximum absolute atomic E-state index is 6.35. The van der Waals surface area contributed by atoms with Crippen LogP contribution in [0.5, 0.6) is 0 Å². The maximum atomic E-state index is 6.35. The zero-order valence-corrected chi connectivity index (χ0v) is 20.3. The molecule has 0 aromatic heterocycles. The van der Waals surface area contributed by atoms with Crippen molar-refractivity contribution in [3.05, 3.63) is 0 Å². The summed E-state index contributed by atoms with van der Waals surface area (Å²) in [5.41, 5.74) is 1.04. The molecule has 10 atom stereocenters. The Bertz CT molecular complexity index is 555. The molecule has 0 amide bonds. The first-order valence-electron chi connectivity index (χ1n) is 11.7. The predicted molar refractivity (Wildman–Crippen MR) is 121 cm³/mol. The van der Waals surface area contributed by atoms with E-state index in [-0.39, 0.29) is 6.29 Å². The number of hydrogen-bond donors (Lipinski definition) is 0. The minimum Gasteiger partial charge on any atom is -0.353 e. The van der Waals surface area contributed by atoms with Crippen LogP contribution in [0.2, 0.25) is 0 Å². The summed E-state index contributed by atoms with van der Waals surface area (Å²) in [6.07, 6.45) is 5.59. The van der Waals surface area contributed by atoms with Gasteiger partial charge in [0, 0.05) is 15.1 Å². The van der Waals surface area contributed by atoms with Crippen LogP contribution in [0.4, 0.5) is 0 Å². The van der Waals surface area contributed by atoms with Gasteiger partial charge in [-0.1, -0.05) is 27.7 Å². The van der Waals surface area contributed by atoms with Gasteiger partial charge in [-0.25, -0.2) is 0 Å². The molecule has 4 bridgehead atoms. The van der Waals surface area contributed by atoms with Crippen molar-refractivity contribution >= 4 is 23.5 Å². The van der Waals surface area contributed by atoms with Gasteiger partial charge < -0.3 is 9.47 Å². The molecule has 0 N–H and O–H groups in total. The predicted octanol–water partition coefficient (Wildman–Crippen LogP) is 6.29. The van der Waals surface area contributed by atoms with Gasteiger partial charge in [0.15, 0.2) is 6.29 Å². The Morgan fingerprint density at radius 3 is 1.50 bits per heavy atom. The topological polar surface area (TPSA) is 18.5 Å². The van der Waals surface area contributed by atoms with Gasteiger partial charge in [0.2, 0.25) is 0 Å². The largest absolute Gasteiger partial charge is 0.353 e. The maximum Gasteiger partial charge on any atom is 0.154 e. The Morgan fingerprint density at radius 1 is 0.679 bits per heavy atom. The van der Waals surface area contributed by atoms with E-state index < -0.39 is 0 Å². The molecule has 7 rings (SSSR count). The first-order valence-corrected chi connectivity index (χ1v) is 13.6. The lowest BCUT2D eigenvalue weighted by molar-refractivity contribution is -0.192. The molecule has 28 heavy (non-hydrogen) atoms. The summed E-state index contributed by atoms with van der Waals surface area (Å²) in [6, 6.07) is 0. The summed E-state index contributed by atoms with van der Waals surface area (Å²) in [6.45, 7) is 16.4. The highest BCUT2D eigenvalue weighted by Crippen LogP contribution is 2.66. The lowest BCUT2D eigenvalue weighted by Gasteiger charge is -2.63. The van der Waals surface area contributed by atoms with E-state index in [9.17, 15) is 0 Å². The fourth-order valence-corrected chi connectivity index (χ4v) is 11.3. The molecule has 7 fully saturated rings. The minimum atomic E-state index is -0.0602. The third kappa shape index (κ3) is 3.14. The Labute approximate surface area is 181 Å². The van der Waals surface area contributed by atoms with Crippen molar-refractivity contribution in [2.24, 2.45) is 46.3 Å². The Kier molecular flexibility index (Phi) is 5.18. The summed E-state index contributed by atoms with van der Waals surface area (Å²) >= 11 is 4.59. The highest BCUT2D eigenvalue weighted by molar-refractivity contribution is 8.17. The van der Waals surface area contributed by atoms with E-state index in [2.05, 4.69) is 65.1 Å². The molecule has 6 aliphatic carbocycles. The van der Waals surface area contributed by atoms with Crippen molar-refractivity contribution in [3.8, 4) is 0 Å². The molecule has 1 saturated heterocycles. The van der Waals surface area contributed by atoms with Gasteiger partial charge >= 0.3 is 0 Å². The summed E-state index contributed by atoms with van der Waals surface area (Å²) in [5, 5.41) is 1.55. The van der Waals surface area contributed by atoms with Crippen molar-refractivity contribution in [2.45, 2.75) is 88.6 Å². The van der Waals surface area contributed by atoms with Crippen LogP contribution in [0.3, 0.4) is 0 Å². The molecule has 0 radical (unpaired) electrons. The third-order valence-electron chi connectivity index (χ3n) is 9.89. The minimum absolute atomic E-state index is 0.0602. The van der Waals surface area contributed by atoms with E-state index in [0.29, 0.717) is 27.2 Å². The second-order valence-electron chi connectivity index (χ2n) is 11.7. The highest BCUT2D eigenvalue weighted by Gasteiger charge is 2.59. The van der Waals surface area contributed by atoms with Crippen LogP contribution in [-0.4, -0.2) is 34.6 Å². The lowest BCUT2D eigenvalue weighted by atomic mass is 9.45. The average Bonchev–Trinajstić information content (AvgIpc) is 2.64. The monoisotopic (exact) mass is 424 g/mol. The quantitative estimate of drug-likeness (QED) is 0.454. The summed E-state index contributed by atoms with van der Waals surface area (Å²) in [7, 11) is 0. The van der Waals surface area contributed by atoms with Crippen LogP contribution in [0.15, 0.2) is 0 Å². The van der Waals surface area contributed by atoms with E-state index in [1.807, 2.05) is 0 Å². The van der Waals surface area contributed by atoms with E-state index >= 15 is 0 Å². The zero-order chi connectivity index (χ0) is 19.8. The molecule has 7 aliphatic rings. The fraction of sp³-hybridized carbons (Fsp3) is 1.00. The molecule has 1 aliphatic heterocycles. The van der Waals surface area contributed by atoms with E-state index in [4.69, 9.17) is 9.47 Å². The molecule has 160 valence electrons. The summed E-state index contributed by atoms with van der Waals surface area (Å²) in [5.74, 6) is 4.95. The second kappa shape index (κ2) is 7.07. The second-order valence-corrected chi connectivity index (χ2v) is 15.1. The van der Waals surface area contributed by atoms with Gasteiger partial charge in [0.1, 0.15) is 0 Å². The van der Waals surface area contributed by atoms with E-state index in [1.165, 1.54) is 25.7 Å². The van der Waals surface area contributed by atoms with Crippen LogP contribution in [0.25, 0.3) is 0 Å². The normalized spacial score (nSPS) is 54.6. The van der Waals surface area contributed by atoms with Gasteiger partial charge in [-0.05, 0) is 85.9 Å². The SMILES string of the molecule is CC1OC[C@@H]2[C@H](C[C@H]3C[C@@H]2C3(C)C)SC(C)S[C@H]2C[C@H]3C[C@@H]([C@H]2CO1)C3(C)C. The number of thioether (sulfide) groups is 2. The molecular formula is C24H40O2S2. The van der Waals surface area contributed by atoms with E-state index in [0.717, 1.165) is 47.4 Å². The van der Waals surface area contributed by atoms with Crippen molar-refractivity contribution < 1.29 is 9.47 Å². The van der Waals surface area contributed by atoms with E-state index in [1.54, 1.807) is 0 Å². The molecule has 0 aromatic carbocycles. The third-order valence-corrected chi connectivity index (χ3v) is 13.1. The fourth-order valence-electron chi connectivity index (χ4n) is 7.62. The van der Waals surface area contributed by atoms with Gasteiger partial charge in [-0.15, -0.1) is 23.5 Å². The molecule has 6 saturated carbocycles. The van der Waals surface area contributed by atoms with Crippen LogP contribution in [-0.2, 0) is 9.47 Å². The Hall–Kier alpha value is 0.620. The van der Waals surface area contributed by atoms with Crippen LogP contribution >= 0.6 is 23.5 Å². The molecular weight excluding hydrogens is 384 g/mol. The van der Waals surface area contributed by atoms with Crippen molar-refractivity contribution in [3.63, 3.8) is 0 Å². The Morgan fingerprint density at radius 2 is 1.11 bits per heavy atom. The molecule has 1 heterocycles. The van der Waals surface area contributed by atoms with Crippen LogP contribution in [0, 0.1) is 46.3 Å². The Balaban J connectivity index is 1.34. The van der Waals surface area contributed by atoms with Crippen LogP contribution < -0.4 is 0 Å². The number of ether oxygens (including phenoxy) is 2. The van der Waals surface area contributed by atoms with Crippen molar-refractivity contribution in [1.29, 1.82) is 0 Å². The first kappa shape index (κ1) is 20.5.